The van der Waals surface area contributed by atoms with Gasteiger partial charge in [0.2, 0.25) is 0 Å². The van der Waals surface area contributed by atoms with Crippen LogP contribution in [0.25, 0.3) is 0 Å². The Hall–Kier alpha value is -1.94. The number of furan rings is 1. The number of halogens is 1. The van der Waals surface area contributed by atoms with Crippen LogP contribution >= 0.6 is 12.4 Å². The van der Waals surface area contributed by atoms with Crippen LogP contribution < -0.4 is 10.1 Å². The van der Waals surface area contributed by atoms with E-state index in [4.69, 9.17) is 14.1 Å². The van der Waals surface area contributed by atoms with Gasteiger partial charge in [-0.1, -0.05) is 13.3 Å². The number of hydrogen-bond acceptors (Lipinski definition) is 3. The Kier molecular flexibility index (Phi) is 8.27. The van der Waals surface area contributed by atoms with E-state index in [0.717, 1.165) is 35.9 Å². The van der Waals surface area contributed by atoms with E-state index in [1.54, 1.807) is 6.26 Å². The van der Waals surface area contributed by atoms with E-state index in [-0.39, 0.29) is 18.4 Å². The zero-order valence-electron chi connectivity index (χ0n) is 13.9. The summed E-state index contributed by atoms with van der Waals surface area (Å²) in [5.41, 5.74) is 0.960. The molecule has 1 atom stereocenters. The average molecular weight is 337 g/mol. The summed E-state index contributed by atoms with van der Waals surface area (Å²) in [5, 5.41) is 3.34. The number of hydrogen-bond donors (Lipinski definition) is 1. The maximum atomic E-state index is 5.49. The van der Waals surface area contributed by atoms with Crippen LogP contribution in [0.1, 0.15) is 39.4 Å². The van der Waals surface area contributed by atoms with Gasteiger partial charge in [0.15, 0.2) is 11.6 Å². The summed E-state index contributed by atoms with van der Waals surface area (Å²) >= 11 is 0. The normalized spacial score (nSPS) is 12.4. The lowest BCUT2D eigenvalue weighted by Gasteiger charge is -2.12. The van der Waals surface area contributed by atoms with Gasteiger partial charge in [0.05, 0.1) is 12.9 Å². The topological polar surface area (TPSA) is 46.8 Å². The number of rotatable bonds is 7. The Morgan fingerprint density at radius 2 is 1.96 bits per heavy atom. The van der Waals surface area contributed by atoms with Crippen LogP contribution in [-0.4, -0.2) is 18.5 Å². The summed E-state index contributed by atoms with van der Waals surface area (Å²) in [7, 11) is 0. The summed E-state index contributed by atoms with van der Waals surface area (Å²) in [6.45, 7) is 6.92. The van der Waals surface area contributed by atoms with Crippen LogP contribution in [-0.2, 0) is 0 Å². The number of aliphatic imine (C=N–C) groups is 1. The molecule has 0 aliphatic rings. The molecule has 0 spiro atoms. The quantitative estimate of drug-likeness (QED) is 0.562. The van der Waals surface area contributed by atoms with Crippen LogP contribution in [0.3, 0.4) is 0 Å². The fraction of sp³-hybridized carbons (Fsp3) is 0.389. The lowest BCUT2D eigenvalue weighted by Crippen LogP contribution is -2.16. The van der Waals surface area contributed by atoms with Crippen molar-refractivity contribution in [2.45, 2.75) is 39.7 Å². The molecule has 0 aliphatic heterocycles. The predicted molar refractivity (Wildman–Crippen MR) is 98.1 cm³/mol. The highest BCUT2D eigenvalue weighted by atomic mass is 35.5. The zero-order valence-corrected chi connectivity index (χ0v) is 14.7. The van der Waals surface area contributed by atoms with E-state index in [9.17, 15) is 0 Å². The molecule has 0 fully saturated rings. The average Bonchev–Trinajstić information content (AvgIpc) is 3.03. The van der Waals surface area contributed by atoms with E-state index in [1.165, 1.54) is 0 Å². The van der Waals surface area contributed by atoms with Crippen molar-refractivity contribution in [1.29, 1.82) is 0 Å². The molecule has 0 radical (unpaired) electrons. The molecular formula is C18H25ClN2O2. The van der Waals surface area contributed by atoms with Gasteiger partial charge in [-0.3, -0.25) is 4.99 Å². The predicted octanol–water partition coefficient (Wildman–Crippen LogP) is 5.15. The smallest absolute Gasteiger partial charge is 0.169 e. The number of anilines is 1. The van der Waals surface area contributed by atoms with Gasteiger partial charge in [-0.05, 0) is 56.7 Å². The third-order valence-electron chi connectivity index (χ3n) is 3.24. The molecule has 1 N–H and O–H groups in total. The number of benzene rings is 1. The molecule has 4 nitrogen and oxygen atoms in total. The van der Waals surface area contributed by atoms with Crippen molar-refractivity contribution in [2.75, 3.05) is 11.9 Å². The van der Waals surface area contributed by atoms with Gasteiger partial charge in [0.25, 0.3) is 0 Å². The van der Waals surface area contributed by atoms with Crippen LogP contribution in [0.2, 0.25) is 0 Å². The first-order valence-corrected chi connectivity index (χ1v) is 7.84. The Bertz CT molecular complexity index is 580. The lowest BCUT2D eigenvalue weighted by molar-refractivity contribution is 0.340. The molecule has 23 heavy (non-hydrogen) atoms. The van der Waals surface area contributed by atoms with Crippen molar-refractivity contribution in [3.8, 4) is 5.75 Å². The minimum atomic E-state index is 0. The summed E-state index contributed by atoms with van der Waals surface area (Å²) in [4.78, 5) is 4.74. The minimum Gasteiger partial charge on any atom is -0.494 e. The maximum absolute atomic E-state index is 5.49. The summed E-state index contributed by atoms with van der Waals surface area (Å²) in [6.07, 6.45) is 3.82. The number of nitrogens with one attached hydrogen (secondary N) is 1. The van der Waals surface area contributed by atoms with Crippen molar-refractivity contribution in [2.24, 2.45) is 4.99 Å². The van der Waals surface area contributed by atoms with Gasteiger partial charge >= 0.3 is 0 Å². The van der Waals surface area contributed by atoms with E-state index in [1.807, 2.05) is 43.3 Å². The molecule has 1 aromatic carbocycles. The summed E-state index contributed by atoms with van der Waals surface area (Å²) in [6, 6.07) is 11.9. The third-order valence-corrected chi connectivity index (χ3v) is 3.24. The van der Waals surface area contributed by atoms with Gasteiger partial charge in [0.1, 0.15) is 5.75 Å². The molecule has 5 heteroatoms. The second-order valence-corrected chi connectivity index (χ2v) is 5.18. The Balaban J connectivity index is 0.00000264. The van der Waals surface area contributed by atoms with Gasteiger partial charge in [-0.2, -0.15) is 0 Å². The number of ether oxygens (including phenoxy) is 1. The third kappa shape index (κ3) is 5.99. The first-order chi connectivity index (χ1) is 10.7. The molecule has 1 heterocycles. The van der Waals surface area contributed by atoms with Gasteiger partial charge in [0, 0.05) is 11.7 Å². The second kappa shape index (κ2) is 9.95. The standard InChI is InChI=1S/C18H24N2O2.ClH/c1-4-7-14(3)19-18(17-8-6-13-22-17)20-15-9-11-16(12-10-15)21-5-2;/h6,8-14H,4-5,7H2,1-3H3,(H,19,20);1H. The van der Waals surface area contributed by atoms with Crippen LogP contribution in [0.5, 0.6) is 5.75 Å². The molecule has 0 saturated heterocycles. The summed E-state index contributed by atoms with van der Waals surface area (Å²) in [5.74, 6) is 2.37. The Morgan fingerprint density at radius 1 is 1.22 bits per heavy atom. The van der Waals surface area contributed by atoms with Gasteiger partial charge in [-0.25, -0.2) is 0 Å². The molecule has 0 saturated carbocycles. The van der Waals surface area contributed by atoms with E-state index < -0.39 is 0 Å². The first-order valence-electron chi connectivity index (χ1n) is 7.84. The fourth-order valence-electron chi connectivity index (χ4n) is 2.21. The van der Waals surface area contributed by atoms with Crippen LogP contribution in [0.4, 0.5) is 5.69 Å². The molecule has 1 aromatic heterocycles. The molecule has 1 unspecified atom stereocenters. The minimum absolute atomic E-state index is 0. The summed E-state index contributed by atoms with van der Waals surface area (Å²) < 4.78 is 10.9. The van der Waals surface area contributed by atoms with E-state index in [0.29, 0.717) is 6.61 Å². The van der Waals surface area contributed by atoms with E-state index in [2.05, 4.69) is 19.2 Å². The highest BCUT2D eigenvalue weighted by Gasteiger charge is 2.09. The SMILES string of the molecule is CCCC(C)N=C(Nc1ccc(OCC)cc1)c1ccco1.Cl. The lowest BCUT2D eigenvalue weighted by atomic mass is 10.2. The molecule has 0 aliphatic carbocycles. The molecule has 126 valence electrons. The molecule has 2 aromatic rings. The van der Waals surface area contributed by atoms with Crippen LogP contribution in [0.15, 0.2) is 52.1 Å². The van der Waals surface area contributed by atoms with Crippen molar-refractivity contribution >= 4 is 23.9 Å². The van der Waals surface area contributed by atoms with Gasteiger partial charge in [-0.15, -0.1) is 12.4 Å². The highest BCUT2D eigenvalue weighted by molar-refractivity contribution is 6.06. The van der Waals surface area contributed by atoms with Crippen molar-refractivity contribution in [3.63, 3.8) is 0 Å². The molecule has 2 rings (SSSR count). The highest BCUT2D eigenvalue weighted by Crippen LogP contribution is 2.17. The second-order valence-electron chi connectivity index (χ2n) is 5.18. The molecular weight excluding hydrogens is 312 g/mol. The largest absolute Gasteiger partial charge is 0.494 e. The first kappa shape index (κ1) is 19.1. The molecule has 0 amide bonds. The fourth-order valence-corrected chi connectivity index (χ4v) is 2.21. The van der Waals surface area contributed by atoms with Crippen molar-refractivity contribution < 1.29 is 9.15 Å². The van der Waals surface area contributed by atoms with E-state index >= 15 is 0 Å². The Morgan fingerprint density at radius 3 is 2.52 bits per heavy atom. The van der Waals surface area contributed by atoms with Gasteiger partial charge < -0.3 is 14.5 Å². The zero-order chi connectivity index (χ0) is 15.8. The number of nitrogens with zero attached hydrogens (tertiary/aromatic N) is 1. The molecule has 0 bridgehead atoms. The van der Waals surface area contributed by atoms with Crippen molar-refractivity contribution in [3.05, 3.63) is 48.4 Å². The number of amidine groups is 1. The Labute approximate surface area is 144 Å². The monoisotopic (exact) mass is 336 g/mol. The van der Waals surface area contributed by atoms with Crippen LogP contribution in [0, 0.1) is 0 Å². The van der Waals surface area contributed by atoms with Crippen molar-refractivity contribution in [1.82, 2.24) is 0 Å². The maximum Gasteiger partial charge on any atom is 0.169 e.